The minimum absolute atomic E-state index is 0.0607. The first-order chi connectivity index (χ1) is 17.2. The lowest BCUT2D eigenvalue weighted by atomic mass is 10.0. The molecule has 0 heterocycles. The molecular formula is C28H29Cl3N2O2S. The van der Waals surface area contributed by atoms with Crippen molar-refractivity contribution < 1.29 is 9.59 Å². The van der Waals surface area contributed by atoms with Crippen LogP contribution in [0.4, 0.5) is 0 Å². The van der Waals surface area contributed by atoms with Crippen LogP contribution in [0.25, 0.3) is 0 Å². The van der Waals surface area contributed by atoms with Crippen LogP contribution in [-0.4, -0.2) is 34.6 Å². The fourth-order valence-electron chi connectivity index (χ4n) is 3.71. The van der Waals surface area contributed by atoms with Crippen molar-refractivity contribution in [3.05, 3.63) is 105 Å². The zero-order valence-electron chi connectivity index (χ0n) is 20.2. The van der Waals surface area contributed by atoms with E-state index in [1.54, 1.807) is 23.1 Å². The van der Waals surface area contributed by atoms with Crippen molar-refractivity contribution in [1.29, 1.82) is 0 Å². The van der Waals surface area contributed by atoms with Gasteiger partial charge in [-0.05, 0) is 48.7 Å². The van der Waals surface area contributed by atoms with Gasteiger partial charge in [0, 0.05) is 39.8 Å². The first kappa shape index (κ1) is 28.4. The first-order valence-electron chi connectivity index (χ1n) is 11.6. The minimum atomic E-state index is -0.696. The molecule has 0 radical (unpaired) electrons. The number of nitrogens with zero attached hydrogens (tertiary/aromatic N) is 1. The molecule has 1 N–H and O–H groups in total. The molecule has 3 rings (SSSR count). The average Bonchev–Trinajstić information content (AvgIpc) is 2.84. The van der Waals surface area contributed by atoms with Gasteiger partial charge in [0.05, 0.1) is 5.75 Å². The van der Waals surface area contributed by atoms with Gasteiger partial charge in [0.25, 0.3) is 0 Å². The third-order valence-corrected chi connectivity index (χ3v) is 7.42. The Morgan fingerprint density at radius 2 is 1.58 bits per heavy atom. The fourth-order valence-corrected chi connectivity index (χ4v) is 5.38. The second-order valence-electron chi connectivity index (χ2n) is 8.71. The number of thioether (sulfide) groups is 1. The second kappa shape index (κ2) is 13.9. The van der Waals surface area contributed by atoms with Crippen molar-refractivity contribution in [2.75, 3.05) is 5.75 Å². The van der Waals surface area contributed by atoms with Crippen LogP contribution in [-0.2, 0) is 28.3 Å². The summed E-state index contributed by atoms with van der Waals surface area (Å²) in [6.07, 6.45) is 0.392. The highest BCUT2D eigenvalue weighted by atomic mass is 35.5. The number of hydrogen-bond donors (Lipinski definition) is 1. The molecule has 1 atom stereocenters. The molecule has 0 aliphatic carbocycles. The summed E-state index contributed by atoms with van der Waals surface area (Å²) < 4.78 is 0. The molecule has 0 saturated carbocycles. The highest BCUT2D eigenvalue weighted by Gasteiger charge is 2.31. The molecule has 0 spiro atoms. The molecule has 190 valence electrons. The largest absolute Gasteiger partial charge is 0.352 e. The van der Waals surface area contributed by atoms with Gasteiger partial charge in [-0.3, -0.25) is 9.59 Å². The summed E-state index contributed by atoms with van der Waals surface area (Å²) in [4.78, 5) is 28.7. The maximum atomic E-state index is 13.6. The molecule has 8 heteroatoms. The number of nitrogens with one attached hydrogen (secondary N) is 1. The van der Waals surface area contributed by atoms with Gasteiger partial charge in [0.15, 0.2) is 0 Å². The van der Waals surface area contributed by atoms with Gasteiger partial charge in [0.2, 0.25) is 11.8 Å². The van der Waals surface area contributed by atoms with Crippen molar-refractivity contribution >= 4 is 58.4 Å². The minimum Gasteiger partial charge on any atom is -0.352 e. The zero-order valence-corrected chi connectivity index (χ0v) is 23.3. The molecule has 4 nitrogen and oxygen atoms in total. The molecule has 0 unspecified atom stereocenters. The number of halogens is 3. The predicted octanol–water partition coefficient (Wildman–Crippen LogP) is 7.04. The Balaban J connectivity index is 1.86. The molecule has 0 fully saturated rings. The van der Waals surface area contributed by atoms with Crippen molar-refractivity contribution in [2.45, 2.75) is 44.6 Å². The van der Waals surface area contributed by atoms with Gasteiger partial charge in [0.1, 0.15) is 6.04 Å². The third kappa shape index (κ3) is 8.45. The molecule has 0 aromatic heterocycles. The summed E-state index contributed by atoms with van der Waals surface area (Å²) in [7, 11) is 0. The second-order valence-corrected chi connectivity index (χ2v) is 10.9. The quantitative estimate of drug-likeness (QED) is 0.272. The summed E-state index contributed by atoms with van der Waals surface area (Å²) in [6, 6.07) is 21.7. The lowest BCUT2D eigenvalue weighted by molar-refractivity contribution is -0.139. The van der Waals surface area contributed by atoms with Crippen LogP contribution in [0.15, 0.2) is 72.8 Å². The predicted molar refractivity (Wildman–Crippen MR) is 152 cm³/mol. The van der Waals surface area contributed by atoms with Crippen molar-refractivity contribution in [3.63, 3.8) is 0 Å². The van der Waals surface area contributed by atoms with Gasteiger partial charge < -0.3 is 10.2 Å². The Morgan fingerprint density at radius 3 is 2.25 bits per heavy atom. The number of benzene rings is 3. The normalized spacial score (nSPS) is 11.8. The van der Waals surface area contributed by atoms with Crippen LogP contribution in [0.5, 0.6) is 0 Å². The van der Waals surface area contributed by atoms with E-state index in [1.807, 2.05) is 68.4 Å². The summed E-state index contributed by atoms with van der Waals surface area (Å²) in [6.45, 7) is 4.04. The Morgan fingerprint density at radius 1 is 0.889 bits per heavy atom. The van der Waals surface area contributed by atoms with E-state index in [0.717, 1.165) is 16.7 Å². The SMILES string of the molecule is CC(C)NC(=O)[C@H](Cc1ccccc1)N(Cc1ccccc1Cl)C(=O)CSCc1ccc(Cl)cc1Cl. The van der Waals surface area contributed by atoms with Crippen molar-refractivity contribution in [2.24, 2.45) is 0 Å². The van der Waals surface area contributed by atoms with Crippen LogP contribution in [0, 0.1) is 0 Å². The molecular weight excluding hydrogens is 535 g/mol. The topological polar surface area (TPSA) is 49.4 Å². The first-order valence-corrected chi connectivity index (χ1v) is 13.9. The van der Waals surface area contributed by atoms with E-state index in [-0.39, 0.29) is 30.2 Å². The van der Waals surface area contributed by atoms with Crippen LogP contribution in [0.3, 0.4) is 0 Å². The highest BCUT2D eigenvalue weighted by Crippen LogP contribution is 2.26. The van der Waals surface area contributed by atoms with E-state index in [1.165, 1.54) is 11.8 Å². The molecule has 36 heavy (non-hydrogen) atoms. The van der Waals surface area contributed by atoms with Gasteiger partial charge >= 0.3 is 0 Å². The van der Waals surface area contributed by atoms with Gasteiger partial charge in [-0.15, -0.1) is 11.8 Å². The third-order valence-electron chi connectivity index (χ3n) is 5.50. The molecule has 0 bridgehead atoms. The van der Waals surface area contributed by atoms with Crippen LogP contribution in [0.1, 0.15) is 30.5 Å². The fraction of sp³-hybridized carbons (Fsp3) is 0.286. The molecule has 0 aliphatic rings. The van der Waals surface area contributed by atoms with E-state index < -0.39 is 6.04 Å². The Kier molecular flexibility index (Phi) is 11.0. The van der Waals surface area contributed by atoms with E-state index in [9.17, 15) is 9.59 Å². The molecule has 2 amide bonds. The van der Waals surface area contributed by atoms with Crippen LogP contribution < -0.4 is 5.32 Å². The molecule has 0 saturated heterocycles. The average molecular weight is 564 g/mol. The van der Waals surface area contributed by atoms with Crippen molar-refractivity contribution in [1.82, 2.24) is 10.2 Å². The standard InChI is InChI=1S/C28H29Cl3N2O2S/c1-19(2)32-28(35)26(14-20-8-4-3-5-9-20)33(16-21-10-6-7-11-24(21)30)27(34)18-36-17-22-12-13-23(29)15-25(22)31/h3-13,15,19,26H,14,16-18H2,1-2H3,(H,32,35)/t26-/m0/s1. The summed E-state index contributed by atoms with van der Waals surface area (Å²) >= 11 is 20.2. The Labute approximate surface area is 232 Å². The number of hydrogen-bond acceptors (Lipinski definition) is 3. The maximum Gasteiger partial charge on any atom is 0.243 e. The number of rotatable bonds is 11. The summed E-state index contributed by atoms with van der Waals surface area (Å²) in [5, 5.41) is 4.67. The van der Waals surface area contributed by atoms with Gasteiger partial charge in [-0.2, -0.15) is 0 Å². The van der Waals surface area contributed by atoms with Crippen LogP contribution in [0.2, 0.25) is 15.1 Å². The lowest BCUT2D eigenvalue weighted by Gasteiger charge is -2.32. The summed E-state index contributed by atoms with van der Waals surface area (Å²) in [5.41, 5.74) is 2.66. The van der Waals surface area contributed by atoms with E-state index in [2.05, 4.69) is 5.32 Å². The van der Waals surface area contributed by atoms with Crippen molar-refractivity contribution in [3.8, 4) is 0 Å². The number of carbonyl (C=O) groups is 2. The highest BCUT2D eigenvalue weighted by molar-refractivity contribution is 7.99. The smallest absolute Gasteiger partial charge is 0.243 e. The Bertz CT molecular complexity index is 1170. The molecule has 3 aromatic rings. The van der Waals surface area contributed by atoms with Gasteiger partial charge in [-0.25, -0.2) is 0 Å². The number of carbonyl (C=O) groups excluding carboxylic acids is 2. The lowest BCUT2D eigenvalue weighted by Crippen LogP contribution is -2.52. The van der Waals surface area contributed by atoms with E-state index in [0.29, 0.717) is 27.2 Å². The van der Waals surface area contributed by atoms with Gasteiger partial charge in [-0.1, -0.05) is 89.4 Å². The maximum absolute atomic E-state index is 13.6. The monoisotopic (exact) mass is 562 g/mol. The van der Waals surface area contributed by atoms with E-state index >= 15 is 0 Å². The molecule has 0 aliphatic heterocycles. The van der Waals surface area contributed by atoms with Crippen LogP contribution >= 0.6 is 46.6 Å². The number of amides is 2. The van der Waals surface area contributed by atoms with E-state index in [4.69, 9.17) is 34.8 Å². The Hall–Kier alpha value is -2.18. The summed E-state index contributed by atoms with van der Waals surface area (Å²) in [5.74, 6) is 0.386. The molecule has 3 aromatic carbocycles. The zero-order chi connectivity index (χ0) is 26.1.